The van der Waals surface area contributed by atoms with Gasteiger partial charge in [0.05, 0.1) is 23.3 Å². The molecule has 0 saturated carbocycles. The zero-order valence-electron chi connectivity index (χ0n) is 16.5. The molecule has 1 atom stereocenters. The van der Waals surface area contributed by atoms with E-state index in [1.54, 1.807) is 18.2 Å². The Balaban J connectivity index is 1.88. The van der Waals surface area contributed by atoms with Crippen molar-refractivity contribution < 1.29 is 14.3 Å². The van der Waals surface area contributed by atoms with Gasteiger partial charge in [0.1, 0.15) is 0 Å². The Bertz CT molecular complexity index is 961. The van der Waals surface area contributed by atoms with Gasteiger partial charge in [0.25, 0.3) is 5.91 Å². The van der Waals surface area contributed by atoms with Crippen molar-refractivity contribution in [3.63, 3.8) is 0 Å². The van der Waals surface area contributed by atoms with Crippen LogP contribution in [0.15, 0.2) is 47.4 Å². The van der Waals surface area contributed by atoms with Crippen molar-refractivity contribution in [3.05, 3.63) is 58.0 Å². The number of amides is 1. The van der Waals surface area contributed by atoms with Crippen molar-refractivity contribution in [1.82, 2.24) is 0 Å². The fourth-order valence-electron chi connectivity index (χ4n) is 2.74. The fraction of sp³-hybridized carbons (Fsp3) is 0.273. The summed E-state index contributed by atoms with van der Waals surface area (Å²) in [6, 6.07) is 12.8. The van der Waals surface area contributed by atoms with Crippen LogP contribution in [-0.2, 0) is 4.79 Å². The maximum Gasteiger partial charge on any atom is 0.270 e. The van der Waals surface area contributed by atoms with E-state index in [-0.39, 0.29) is 12.0 Å². The third kappa shape index (κ3) is 5.13. The number of hydrogen-bond donors (Lipinski definition) is 0. The molecule has 1 aliphatic heterocycles. The molecule has 0 bridgehead atoms. The number of thiocarbonyl (C=S) groups is 1. The van der Waals surface area contributed by atoms with Gasteiger partial charge in [-0.25, -0.2) is 0 Å². The van der Waals surface area contributed by atoms with E-state index in [0.29, 0.717) is 38.0 Å². The van der Waals surface area contributed by atoms with Crippen LogP contribution < -0.4 is 14.4 Å². The quantitative estimate of drug-likeness (QED) is 0.366. The van der Waals surface area contributed by atoms with Crippen molar-refractivity contribution in [1.29, 1.82) is 0 Å². The molecule has 152 valence electrons. The summed E-state index contributed by atoms with van der Waals surface area (Å²) in [5, 5.41) is 0.554. The van der Waals surface area contributed by atoms with Crippen LogP contribution in [0.5, 0.6) is 11.5 Å². The van der Waals surface area contributed by atoms with E-state index >= 15 is 0 Å². The molecule has 4 nitrogen and oxygen atoms in total. The summed E-state index contributed by atoms with van der Waals surface area (Å²) in [5.74, 6) is 1.19. The van der Waals surface area contributed by atoms with E-state index in [4.69, 9.17) is 33.3 Å². The van der Waals surface area contributed by atoms with Gasteiger partial charge >= 0.3 is 0 Å². The largest absolute Gasteiger partial charge is 0.490 e. The molecule has 0 aliphatic carbocycles. The average Bonchev–Trinajstić information content (AvgIpc) is 2.97. The molecule has 0 N–H and O–H groups in total. The Kier molecular flexibility index (Phi) is 7.22. The van der Waals surface area contributed by atoms with Crippen molar-refractivity contribution in [2.45, 2.75) is 33.3 Å². The van der Waals surface area contributed by atoms with Crippen LogP contribution in [0.4, 0.5) is 5.69 Å². The molecule has 29 heavy (non-hydrogen) atoms. The average molecular weight is 448 g/mol. The lowest BCUT2D eigenvalue weighted by Crippen LogP contribution is -2.27. The van der Waals surface area contributed by atoms with Crippen LogP contribution >= 0.6 is 35.6 Å². The Labute approximate surface area is 185 Å². The van der Waals surface area contributed by atoms with Gasteiger partial charge in [-0.3, -0.25) is 9.69 Å². The molecule has 0 aromatic heterocycles. The molecule has 3 rings (SSSR count). The summed E-state index contributed by atoms with van der Waals surface area (Å²) in [5.41, 5.74) is 1.51. The summed E-state index contributed by atoms with van der Waals surface area (Å²) in [6.07, 6.45) is 2.81. The van der Waals surface area contributed by atoms with Crippen molar-refractivity contribution in [2.24, 2.45) is 0 Å². The highest BCUT2D eigenvalue weighted by atomic mass is 35.5. The van der Waals surface area contributed by atoms with E-state index in [0.717, 1.165) is 12.0 Å². The highest BCUT2D eigenvalue weighted by Crippen LogP contribution is 2.38. The number of ether oxygens (including phenoxy) is 2. The lowest BCUT2D eigenvalue weighted by molar-refractivity contribution is -0.113. The number of rotatable bonds is 7. The number of benzene rings is 2. The third-order valence-electron chi connectivity index (χ3n) is 4.33. The van der Waals surface area contributed by atoms with Gasteiger partial charge in [-0.15, -0.1) is 0 Å². The molecule has 0 unspecified atom stereocenters. The van der Waals surface area contributed by atoms with E-state index in [1.807, 2.05) is 44.2 Å². The first-order valence-electron chi connectivity index (χ1n) is 9.40. The molecule has 1 aliphatic rings. The second-order valence-electron chi connectivity index (χ2n) is 6.47. The summed E-state index contributed by atoms with van der Waals surface area (Å²) < 4.78 is 12.2. The molecule has 0 spiro atoms. The second kappa shape index (κ2) is 9.65. The standard InChI is InChI=1S/C22H22ClNO3S2/c1-4-14(3)27-18-10-9-15(11-19(18)26-5-2)12-20-21(25)24(22(28)29-20)17-8-6-7-16(23)13-17/h6-14H,4-5H2,1-3H3/b20-12-/t14-/m1/s1. The number of carbonyl (C=O) groups is 1. The zero-order chi connectivity index (χ0) is 21.0. The number of hydrogen-bond acceptors (Lipinski definition) is 5. The minimum Gasteiger partial charge on any atom is -0.490 e. The van der Waals surface area contributed by atoms with Crippen molar-refractivity contribution in [2.75, 3.05) is 11.5 Å². The Morgan fingerprint density at radius 2 is 2.00 bits per heavy atom. The van der Waals surface area contributed by atoms with Gasteiger partial charge in [-0.05, 0) is 62.2 Å². The van der Waals surface area contributed by atoms with Gasteiger partial charge < -0.3 is 9.47 Å². The fourth-order valence-corrected chi connectivity index (χ4v) is 4.22. The Morgan fingerprint density at radius 3 is 2.69 bits per heavy atom. The molecule has 0 radical (unpaired) electrons. The molecule has 1 saturated heterocycles. The van der Waals surface area contributed by atoms with Crippen molar-refractivity contribution in [3.8, 4) is 11.5 Å². The smallest absolute Gasteiger partial charge is 0.270 e. The Morgan fingerprint density at radius 1 is 1.21 bits per heavy atom. The first-order chi connectivity index (χ1) is 13.9. The van der Waals surface area contributed by atoms with Crippen LogP contribution in [0.25, 0.3) is 6.08 Å². The monoisotopic (exact) mass is 447 g/mol. The molecular formula is C22H22ClNO3S2. The first-order valence-corrected chi connectivity index (χ1v) is 11.0. The lowest BCUT2D eigenvalue weighted by Gasteiger charge is -2.16. The normalized spacial score (nSPS) is 16.4. The Hall–Kier alpha value is -2.02. The van der Waals surface area contributed by atoms with E-state index < -0.39 is 0 Å². The number of anilines is 1. The first kappa shape index (κ1) is 21.7. The zero-order valence-corrected chi connectivity index (χ0v) is 18.9. The van der Waals surface area contributed by atoms with Gasteiger partial charge in [-0.1, -0.05) is 54.6 Å². The van der Waals surface area contributed by atoms with Crippen LogP contribution in [0.1, 0.15) is 32.8 Å². The van der Waals surface area contributed by atoms with Gasteiger partial charge in [0.2, 0.25) is 0 Å². The van der Waals surface area contributed by atoms with E-state index in [9.17, 15) is 4.79 Å². The predicted molar refractivity (Wildman–Crippen MR) is 125 cm³/mol. The van der Waals surface area contributed by atoms with Crippen LogP contribution in [0, 0.1) is 0 Å². The maximum atomic E-state index is 12.9. The molecule has 1 heterocycles. The number of carbonyl (C=O) groups excluding carboxylic acids is 1. The minimum atomic E-state index is -0.167. The minimum absolute atomic E-state index is 0.0917. The van der Waals surface area contributed by atoms with Gasteiger partial charge in [0.15, 0.2) is 15.8 Å². The van der Waals surface area contributed by atoms with E-state index in [1.165, 1.54) is 16.7 Å². The number of halogens is 1. The molecule has 1 amide bonds. The lowest BCUT2D eigenvalue weighted by atomic mass is 10.1. The number of thioether (sulfide) groups is 1. The summed E-state index contributed by atoms with van der Waals surface area (Å²) in [4.78, 5) is 15.0. The topological polar surface area (TPSA) is 38.8 Å². The van der Waals surface area contributed by atoms with Gasteiger partial charge in [-0.2, -0.15) is 0 Å². The van der Waals surface area contributed by atoms with Crippen LogP contribution in [0.2, 0.25) is 5.02 Å². The second-order valence-corrected chi connectivity index (χ2v) is 8.59. The highest BCUT2D eigenvalue weighted by Gasteiger charge is 2.33. The summed E-state index contributed by atoms with van der Waals surface area (Å²) in [6.45, 7) is 6.54. The summed E-state index contributed by atoms with van der Waals surface area (Å²) in [7, 11) is 0. The molecule has 2 aromatic carbocycles. The predicted octanol–water partition coefficient (Wildman–Crippen LogP) is 6.32. The van der Waals surface area contributed by atoms with E-state index in [2.05, 4.69) is 6.92 Å². The van der Waals surface area contributed by atoms with Crippen molar-refractivity contribution >= 4 is 57.6 Å². The molecule has 2 aromatic rings. The number of nitrogens with zero attached hydrogens (tertiary/aromatic N) is 1. The SMILES string of the molecule is CCOc1cc(/C=C2\SC(=S)N(c3cccc(Cl)c3)C2=O)ccc1O[C@H](C)CC. The van der Waals surface area contributed by atoms with Gasteiger partial charge in [0, 0.05) is 5.02 Å². The molecule has 7 heteroatoms. The molecule has 1 fully saturated rings. The molecular weight excluding hydrogens is 426 g/mol. The summed E-state index contributed by atoms with van der Waals surface area (Å²) >= 11 is 12.8. The van der Waals surface area contributed by atoms with Crippen LogP contribution in [0.3, 0.4) is 0 Å². The third-order valence-corrected chi connectivity index (χ3v) is 5.87. The highest BCUT2D eigenvalue weighted by molar-refractivity contribution is 8.27. The maximum absolute atomic E-state index is 12.9. The van der Waals surface area contributed by atoms with Crippen LogP contribution in [-0.4, -0.2) is 22.9 Å².